The van der Waals surface area contributed by atoms with Gasteiger partial charge in [-0.3, -0.25) is 0 Å². The molecule has 15 heavy (non-hydrogen) atoms. The van der Waals surface area contributed by atoms with Crippen molar-refractivity contribution < 1.29 is 5.11 Å². The largest absolute Gasteiger partial charge is 0.396 e. The Morgan fingerprint density at radius 2 is 1.73 bits per heavy atom. The van der Waals surface area contributed by atoms with Crippen molar-refractivity contribution in [2.24, 2.45) is 0 Å². The van der Waals surface area contributed by atoms with E-state index in [0.717, 1.165) is 17.3 Å². The Bertz CT molecular complexity index is 465. The lowest BCUT2D eigenvalue weighted by atomic mass is 10.0. The molecule has 0 atom stereocenters. The van der Waals surface area contributed by atoms with Gasteiger partial charge in [-0.25, -0.2) is 0 Å². The van der Waals surface area contributed by atoms with E-state index in [1.165, 1.54) is 16.3 Å². The van der Waals surface area contributed by atoms with E-state index in [1.807, 2.05) is 12.1 Å². The first-order valence-electron chi connectivity index (χ1n) is 5.09. The molecular weight excluding hydrogens is 252 g/mol. The Labute approximate surface area is 97.9 Å². The van der Waals surface area contributed by atoms with Crippen molar-refractivity contribution in [3.63, 3.8) is 0 Å². The monoisotopic (exact) mass is 264 g/mol. The van der Waals surface area contributed by atoms with Crippen LogP contribution in [0.1, 0.15) is 12.0 Å². The summed E-state index contributed by atoms with van der Waals surface area (Å²) in [7, 11) is 0. The number of hydrogen-bond acceptors (Lipinski definition) is 1. The van der Waals surface area contributed by atoms with E-state index >= 15 is 0 Å². The highest BCUT2D eigenvalue weighted by Gasteiger charge is 2.01. The minimum Gasteiger partial charge on any atom is -0.396 e. The molecule has 2 heteroatoms. The Morgan fingerprint density at radius 3 is 2.40 bits per heavy atom. The number of benzene rings is 2. The molecule has 0 amide bonds. The van der Waals surface area contributed by atoms with Crippen LogP contribution in [0.25, 0.3) is 10.8 Å². The molecule has 2 aromatic carbocycles. The van der Waals surface area contributed by atoms with Crippen molar-refractivity contribution in [2.75, 3.05) is 6.61 Å². The van der Waals surface area contributed by atoms with Gasteiger partial charge < -0.3 is 5.11 Å². The SMILES string of the molecule is OCCCc1cc2ccccc2cc1Br. The number of aliphatic hydroxyl groups excluding tert-OH is 1. The van der Waals surface area contributed by atoms with Gasteiger partial charge in [0, 0.05) is 11.1 Å². The topological polar surface area (TPSA) is 20.2 Å². The molecule has 0 aliphatic carbocycles. The molecule has 0 heterocycles. The normalized spacial score (nSPS) is 10.8. The van der Waals surface area contributed by atoms with E-state index in [0.29, 0.717) is 0 Å². The van der Waals surface area contributed by atoms with Gasteiger partial charge in [0.25, 0.3) is 0 Å². The van der Waals surface area contributed by atoms with Gasteiger partial charge >= 0.3 is 0 Å². The van der Waals surface area contributed by atoms with Gasteiger partial charge in [-0.2, -0.15) is 0 Å². The van der Waals surface area contributed by atoms with E-state index in [9.17, 15) is 0 Å². The highest BCUT2D eigenvalue weighted by Crippen LogP contribution is 2.25. The van der Waals surface area contributed by atoms with Gasteiger partial charge in [0.1, 0.15) is 0 Å². The Balaban J connectivity index is 2.43. The summed E-state index contributed by atoms with van der Waals surface area (Å²) >= 11 is 3.57. The van der Waals surface area contributed by atoms with Gasteiger partial charge in [-0.1, -0.05) is 46.3 Å². The maximum Gasteiger partial charge on any atom is 0.0434 e. The summed E-state index contributed by atoms with van der Waals surface area (Å²) in [6, 6.07) is 12.6. The highest BCUT2D eigenvalue weighted by molar-refractivity contribution is 9.10. The predicted molar refractivity (Wildman–Crippen MR) is 67.1 cm³/mol. The zero-order chi connectivity index (χ0) is 10.7. The number of hydrogen-bond donors (Lipinski definition) is 1. The molecule has 0 aliphatic heterocycles. The average molecular weight is 265 g/mol. The number of aryl methyl sites for hydroxylation is 1. The van der Waals surface area contributed by atoms with Crippen LogP contribution < -0.4 is 0 Å². The standard InChI is InChI=1S/C13H13BrO/c14-13-9-11-5-2-1-4-10(11)8-12(13)6-3-7-15/h1-2,4-5,8-9,15H,3,6-7H2. The lowest BCUT2D eigenvalue weighted by Crippen LogP contribution is -1.91. The summed E-state index contributed by atoms with van der Waals surface area (Å²) in [4.78, 5) is 0. The van der Waals surface area contributed by atoms with Crippen LogP contribution >= 0.6 is 15.9 Å². The summed E-state index contributed by atoms with van der Waals surface area (Å²) in [6.45, 7) is 0.249. The Hall–Kier alpha value is -0.860. The maximum atomic E-state index is 8.82. The Morgan fingerprint density at radius 1 is 1.07 bits per heavy atom. The van der Waals surface area contributed by atoms with E-state index in [1.54, 1.807) is 0 Å². The second-order valence-corrected chi connectivity index (χ2v) is 4.47. The minimum absolute atomic E-state index is 0.249. The summed E-state index contributed by atoms with van der Waals surface area (Å²) in [5, 5.41) is 11.3. The van der Waals surface area contributed by atoms with E-state index in [4.69, 9.17) is 5.11 Å². The van der Waals surface area contributed by atoms with Crippen molar-refractivity contribution in [1.82, 2.24) is 0 Å². The fraction of sp³-hybridized carbons (Fsp3) is 0.231. The van der Waals surface area contributed by atoms with Crippen molar-refractivity contribution >= 4 is 26.7 Å². The highest BCUT2D eigenvalue weighted by atomic mass is 79.9. The van der Waals surface area contributed by atoms with Crippen molar-refractivity contribution in [1.29, 1.82) is 0 Å². The van der Waals surface area contributed by atoms with Gasteiger partial charge in [-0.05, 0) is 35.2 Å². The molecule has 0 bridgehead atoms. The zero-order valence-corrected chi connectivity index (χ0v) is 10.00. The summed E-state index contributed by atoms with van der Waals surface area (Å²) in [6.07, 6.45) is 1.73. The maximum absolute atomic E-state index is 8.82. The first-order valence-corrected chi connectivity index (χ1v) is 5.88. The molecule has 0 saturated heterocycles. The third kappa shape index (κ3) is 2.39. The molecule has 0 saturated carbocycles. The smallest absolute Gasteiger partial charge is 0.0434 e. The minimum atomic E-state index is 0.249. The van der Waals surface area contributed by atoms with E-state index in [2.05, 4.69) is 40.2 Å². The van der Waals surface area contributed by atoms with Crippen LogP contribution in [0.3, 0.4) is 0 Å². The molecule has 1 nitrogen and oxygen atoms in total. The van der Waals surface area contributed by atoms with Crippen LogP contribution in [-0.4, -0.2) is 11.7 Å². The molecule has 0 aromatic heterocycles. The van der Waals surface area contributed by atoms with Crippen molar-refractivity contribution in [3.8, 4) is 0 Å². The Kier molecular flexibility index (Phi) is 3.39. The molecule has 0 radical (unpaired) electrons. The number of aliphatic hydroxyl groups is 1. The van der Waals surface area contributed by atoms with Crippen LogP contribution in [-0.2, 0) is 6.42 Å². The predicted octanol–water partition coefficient (Wildman–Crippen LogP) is 3.53. The molecule has 2 rings (SSSR count). The second kappa shape index (κ2) is 4.77. The summed E-state index contributed by atoms with van der Waals surface area (Å²) in [5.74, 6) is 0. The quantitative estimate of drug-likeness (QED) is 0.900. The average Bonchev–Trinajstić information content (AvgIpc) is 2.26. The van der Waals surface area contributed by atoms with Crippen molar-refractivity contribution in [3.05, 3.63) is 46.4 Å². The number of rotatable bonds is 3. The van der Waals surface area contributed by atoms with Crippen molar-refractivity contribution in [2.45, 2.75) is 12.8 Å². The lowest BCUT2D eigenvalue weighted by Gasteiger charge is -2.06. The fourth-order valence-corrected chi connectivity index (χ4v) is 2.28. The van der Waals surface area contributed by atoms with Crippen LogP contribution in [0.15, 0.2) is 40.9 Å². The fourth-order valence-electron chi connectivity index (χ4n) is 1.72. The molecular formula is C13H13BrO. The van der Waals surface area contributed by atoms with E-state index in [-0.39, 0.29) is 6.61 Å². The first kappa shape index (κ1) is 10.7. The molecule has 78 valence electrons. The third-order valence-electron chi connectivity index (χ3n) is 2.52. The van der Waals surface area contributed by atoms with E-state index < -0.39 is 0 Å². The second-order valence-electron chi connectivity index (χ2n) is 3.62. The zero-order valence-electron chi connectivity index (χ0n) is 8.41. The summed E-state index contributed by atoms with van der Waals surface area (Å²) in [5.41, 5.74) is 1.27. The molecule has 1 N–H and O–H groups in total. The van der Waals surface area contributed by atoms with Gasteiger partial charge in [0.2, 0.25) is 0 Å². The summed E-state index contributed by atoms with van der Waals surface area (Å²) < 4.78 is 1.13. The molecule has 0 spiro atoms. The van der Waals surface area contributed by atoms with Gasteiger partial charge in [0.15, 0.2) is 0 Å². The van der Waals surface area contributed by atoms with Crippen LogP contribution in [0.4, 0.5) is 0 Å². The number of halogens is 1. The lowest BCUT2D eigenvalue weighted by molar-refractivity contribution is 0.288. The molecule has 0 fully saturated rings. The van der Waals surface area contributed by atoms with Crippen LogP contribution in [0.2, 0.25) is 0 Å². The molecule has 0 unspecified atom stereocenters. The first-order chi connectivity index (χ1) is 7.31. The molecule has 2 aromatic rings. The van der Waals surface area contributed by atoms with Crippen LogP contribution in [0, 0.1) is 0 Å². The van der Waals surface area contributed by atoms with Gasteiger partial charge in [-0.15, -0.1) is 0 Å². The molecule has 0 aliphatic rings. The van der Waals surface area contributed by atoms with Crippen LogP contribution in [0.5, 0.6) is 0 Å². The number of fused-ring (bicyclic) bond motifs is 1. The van der Waals surface area contributed by atoms with Gasteiger partial charge in [0.05, 0.1) is 0 Å². The third-order valence-corrected chi connectivity index (χ3v) is 3.26.